The van der Waals surface area contributed by atoms with Gasteiger partial charge in [-0.05, 0) is 36.8 Å². The van der Waals surface area contributed by atoms with Gasteiger partial charge in [0, 0.05) is 16.8 Å². The molecule has 1 aromatic carbocycles. The Kier molecular flexibility index (Phi) is 4.25. The summed E-state index contributed by atoms with van der Waals surface area (Å²) in [7, 11) is 0. The number of halogens is 1. The molecule has 0 saturated heterocycles. The fourth-order valence-corrected chi connectivity index (χ4v) is 2.17. The lowest BCUT2D eigenvalue weighted by molar-refractivity contribution is 0.518. The number of nitrogens with one attached hydrogen (secondary N) is 2. The van der Waals surface area contributed by atoms with Crippen molar-refractivity contribution in [2.75, 3.05) is 10.6 Å². The molecule has 0 fully saturated rings. The van der Waals surface area contributed by atoms with Gasteiger partial charge in [0.15, 0.2) is 0 Å². The van der Waals surface area contributed by atoms with Crippen LogP contribution in [0, 0.1) is 6.92 Å². The monoisotopic (exact) mass is 314 g/mol. The summed E-state index contributed by atoms with van der Waals surface area (Å²) in [6.45, 7) is 2.53. The Morgan fingerprint density at radius 3 is 2.82 bits per heavy atom. The van der Waals surface area contributed by atoms with Crippen molar-refractivity contribution in [3.63, 3.8) is 0 Å². The molecule has 6 heteroatoms. The lowest BCUT2D eigenvalue weighted by Gasteiger charge is -2.11. The number of aromatic nitrogens is 2. The number of benzene rings is 1. The van der Waals surface area contributed by atoms with Crippen LogP contribution >= 0.6 is 11.6 Å². The van der Waals surface area contributed by atoms with Gasteiger partial charge in [-0.15, -0.1) is 0 Å². The second-order valence-corrected chi connectivity index (χ2v) is 5.17. The van der Waals surface area contributed by atoms with Gasteiger partial charge >= 0.3 is 0 Å². The predicted molar refractivity (Wildman–Crippen MR) is 87.5 cm³/mol. The average molecular weight is 315 g/mol. The summed E-state index contributed by atoms with van der Waals surface area (Å²) in [6, 6.07) is 11.3. The molecular formula is C16H15ClN4O. The van der Waals surface area contributed by atoms with Gasteiger partial charge in [0.25, 0.3) is 0 Å². The van der Waals surface area contributed by atoms with E-state index < -0.39 is 0 Å². The van der Waals surface area contributed by atoms with E-state index in [4.69, 9.17) is 16.0 Å². The fourth-order valence-electron chi connectivity index (χ4n) is 1.99. The standard InChI is InChI=1S/C16H15ClN4O/c1-11-13(17)5-2-6-14(11)21-16-8-15(19-10-20-16)18-9-12-4-3-7-22-12/h2-8,10H,9H2,1H3,(H2,18,19,20,21). The third-order valence-electron chi connectivity index (χ3n) is 3.22. The van der Waals surface area contributed by atoms with Crippen LogP contribution in [0.15, 0.2) is 53.4 Å². The smallest absolute Gasteiger partial charge is 0.135 e. The van der Waals surface area contributed by atoms with Crippen molar-refractivity contribution in [3.05, 3.63) is 65.3 Å². The van der Waals surface area contributed by atoms with E-state index in [-0.39, 0.29) is 0 Å². The summed E-state index contributed by atoms with van der Waals surface area (Å²) in [4.78, 5) is 8.41. The summed E-state index contributed by atoms with van der Waals surface area (Å²) < 4.78 is 5.27. The van der Waals surface area contributed by atoms with E-state index in [0.29, 0.717) is 18.2 Å². The minimum atomic E-state index is 0.569. The number of furan rings is 1. The SMILES string of the molecule is Cc1c(Cl)cccc1Nc1cc(NCc2ccco2)ncn1. The third-order valence-corrected chi connectivity index (χ3v) is 3.63. The first kappa shape index (κ1) is 14.4. The maximum absolute atomic E-state index is 6.12. The fraction of sp³-hybridized carbons (Fsp3) is 0.125. The topological polar surface area (TPSA) is 63.0 Å². The van der Waals surface area contributed by atoms with Crippen LogP contribution in [-0.2, 0) is 6.54 Å². The van der Waals surface area contributed by atoms with Gasteiger partial charge < -0.3 is 15.1 Å². The molecule has 2 heterocycles. The van der Waals surface area contributed by atoms with Crippen molar-refractivity contribution < 1.29 is 4.42 Å². The maximum atomic E-state index is 6.12. The van der Waals surface area contributed by atoms with Crippen molar-refractivity contribution in [3.8, 4) is 0 Å². The van der Waals surface area contributed by atoms with Crippen LogP contribution in [0.3, 0.4) is 0 Å². The average Bonchev–Trinajstić information content (AvgIpc) is 3.04. The zero-order valence-electron chi connectivity index (χ0n) is 12.0. The van der Waals surface area contributed by atoms with Crippen LogP contribution in [0.5, 0.6) is 0 Å². The minimum absolute atomic E-state index is 0.569. The molecule has 0 radical (unpaired) electrons. The highest BCUT2D eigenvalue weighted by Gasteiger charge is 2.05. The highest BCUT2D eigenvalue weighted by atomic mass is 35.5. The highest BCUT2D eigenvalue weighted by molar-refractivity contribution is 6.31. The van der Waals surface area contributed by atoms with Crippen molar-refractivity contribution in [2.24, 2.45) is 0 Å². The zero-order chi connectivity index (χ0) is 15.4. The Balaban J connectivity index is 1.72. The summed E-state index contributed by atoms with van der Waals surface area (Å²) in [5.41, 5.74) is 1.90. The Morgan fingerprint density at radius 1 is 1.14 bits per heavy atom. The van der Waals surface area contributed by atoms with E-state index in [2.05, 4.69) is 20.6 Å². The molecule has 0 aliphatic rings. The predicted octanol–water partition coefficient (Wildman–Crippen LogP) is 4.39. The molecule has 0 unspecified atom stereocenters. The molecule has 3 rings (SSSR count). The molecule has 0 aliphatic carbocycles. The van der Waals surface area contributed by atoms with Crippen LogP contribution in [-0.4, -0.2) is 9.97 Å². The van der Waals surface area contributed by atoms with Gasteiger partial charge in [-0.1, -0.05) is 17.7 Å². The Labute approximate surface area is 133 Å². The van der Waals surface area contributed by atoms with Crippen LogP contribution < -0.4 is 10.6 Å². The van der Waals surface area contributed by atoms with E-state index >= 15 is 0 Å². The molecule has 22 heavy (non-hydrogen) atoms. The molecule has 5 nitrogen and oxygen atoms in total. The van der Waals surface area contributed by atoms with E-state index in [1.54, 1.807) is 6.26 Å². The zero-order valence-corrected chi connectivity index (χ0v) is 12.8. The van der Waals surface area contributed by atoms with E-state index in [0.717, 1.165) is 22.0 Å². The Bertz CT molecular complexity index is 759. The Hall–Kier alpha value is -2.53. The summed E-state index contributed by atoms with van der Waals surface area (Å²) in [5, 5.41) is 7.15. The van der Waals surface area contributed by atoms with Crippen LogP contribution in [0.1, 0.15) is 11.3 Å². The first-order chi connectivity index (χ1) is 10.7. The van der Waals surface area contributed by atoms with E-state index in [1.165, 1.54) is 6.33 Å². The Morgan fingerprint density at radius 2 is 2.00 bits per heavy atom. The van der Waals surface area contributed by atoms with Gasteiger partial charge in [0.1, 0.15) is 23.7 Å². The largest absolute Gasteiger partial charge is 0.467 e. The van der Waals surface area contributed by atoms with Crippen molar-refractivity contribution in [1.82, 2.24) is 9.97 Å². The molecule has 112 valence electrons. The number of rotatable bonds is 5. The molecule has 0 saturated carbocycles. The lowest BCUT2D eigenvalue weighted by atomic mass is 10.2. The van der Waals surface area contributed by atoms with Crippen molar-refractivity contribution >= 4 is 28.9 Å². The molecule has 0 aliphatic heterocycles. The van der Waals surface area contributed by atoms with E-state index in [9.17, 15) is 0 Å². The summed E-state index contributed by atoms with van der Waals surface area (Å²) >= 11 is 6.12. The molecular weight excluding hydrogens is 300 g/mol. The normalized spacial score (nSPS) is 10.5. The number of nitrogens with zero attached hydrogens (tertiary/aromatic N) is 2. The first-order valence-corrected chi connectivity index (χ1v) is 7.20. The third kappa shape index (κ3) is 3.38. The highest BCUT2D eigenvalue weighted by Crippen LogP contribution is 2.25. The molecule has 3 aromatic rings. The van der Waals surface area contributed by atoms with Crippen LogP contribution in [0.25, 0.3) is 0 Å². The van der Waals surface area contributed by atoms with Gasteiger partial charge in [0.05, 0.1) is 12.8 Å². The maximum Gasteiger partial charge on any atom is 0.135 e. The van der Waals surface area contributed by atoms with E-state index in [1.807, 2.05) is 43.3 Å². The van der Waals surface area contributed by atoms with Gasteiger partial charge in [-0.3, -0.25) is 0 Å². The molecule has 0 bridgehead atoms. The second kappa shape index (κ2) is 6.49. The lowest BCUT2D eigenvalue weighted by Crippen LogP contribution is -2.03. The van der Waals surface area contributed by atoms with Gasteiger partial charge in [-0.2, -0.15) is 0 Å². The number of hydrogen-bond donors (Lipinski definition) is 2. The first-order valence-electron chi connectivity index (χ1n) is 6.83. The molecule has 0 atom stereocenters. The number of hydrogen-bond acceptors (Lipinski definition) is 5. The van der Waals surface area contributed by atoms with Crippen molar-refractivity contribution in [1.29, 1.82) is 0 Å². The second-order valence-electron chi connectivity index (χ2n) is 4.76. The summed E-state index contributed by atoms with van der Waals surface area (Å²) in [6.07, 6.45) is 3.15. The van der Waals surface area contributed by atoms with Gasteiger partial charge in [0.2, 0.25) is 0 Å². The molecule has 2 aromatic heterocycles. The van der Waals surface area contributed by atoms with Gasteiger partial charge in [-0.25, -0.2) is 9.97 Å². The number of anilines is 3. The van der Waals surface area contributed by atoms with Crippen LogP contribution in [0.4, 0.5) is 17.3 Å². The molecule has 2 N–H and O–H groups in total. The summed E-state index contributed by atoms with van der Waals surface area (Å²) in [5.74, 6) is 2.26. The quantitative estimate of drug-likeness (QED) is 0.731. The molecule has 0 spiro atoms. The van der Waals surface area contributed by atoms with Crippen molar-refractivity contribution in [2.45, 2.75) is 13.5 Å². The molecule has 0 amide bonds. The van der Waals surface area contributed by atoms with Crippen LogP contribution in [0.2, 0.25) is 5.02 Å². The minimum Gasteiger partial charge on any atom is -0.467 e.